The standard InChI is InChI=1S/C5H8N5O2S/c6-13(11,12)10-3-5-1-2-7-4-9(5)8-10/h1-2,4,8H,3H2,(H2,6,11,12)/q+1. The Morgan fingerprint density at radius 3 is 3.08 bits per heavy atom. The lowest BCUT2D eigenvalue weighted by atomic mass is 10.4. The maximum Gasteiger partial charge on any atom is 0.310 e. The second kappa shape index (κ2) is 2.62. The van der Waals surface area contributed by atoms with Gasteiger partial charge in [-0.1, -0.05) is 9.40 Å². The highest BCUT2D eigenvalue weighted by Crippen LogP contribution is 2.04. The minimum atomic E-state index is -3.70. The van der Waals surface area contributed by atoms with E-state index in [9.17, 15) is 8.42 Å². The van der Waals surface area contributed by atoms with Gasteiger partial charge in [0.05, 0.1) is 0 Å². The summed E-state index contributed by atoms with van der Waals surface area (Å²) in [5.74, 6) is 0. The van der Waals surface area contributed by atoms with Crippen LogP contribution in [0, 0.1) is 0 Å². The van der Waals surface area contributed by atoms with Crippen molar-refractivity contribution in [3.8, 4) is 0 Å². The summed E-state index contributed by atoms with van der Waals surface area (Å²) in [5, 5.41) is 4.92. The number of rotatable bonds is 1. The molecule has 2 heterocycles. The lowest BCUT2D eigenvalue weighted by Gasteiger charge is -2.07. The van der Waals surface area contributed by atoms with E-state index in [4.69, 9.17) is 5.14 Å². The number of nitrogens with two attached hydrogens (primary N) is 1. The second-order valence-electron chi connectivity index (χ2n) is 2.59. The van der Waals surface area contributed by atoms with Crippen LogP contribution in [0.5, 0.6) is 0 Å². The maximum atomic E-state index is 10.9. The molecule has 0 saturated heterocycles. The van der Waals surface area contributed by atoms with Gasteiger partial charge in [0.2, 0.25) is 0 Å². The Morgan fingerprint density at radius 1 is 1.69 bits per heavy atom. The van der Waals surface area contributed by atoms with Gasteiger partial charge in [-0.2, -0.15) is 14.0 Å². The maximum absolute atomic E-state index is 10.9. The molecule has 0 saturated carbocycles. The highest BCUT2D eigenvalue weighted by molar-refractivity contribution is 7.86. The van der Waals surface area contributed by atoms with Gasteiger partial charge in [-0.15, -0.1) is 4.68 Å². The van der Waals surface area contributed by atoms with Crippen LogP contribution in [0.1, 0.15) is 5.69 Å². The number of aromatic nitrogens is 2. The van der Waals surface area contributed by atoms with Gasteiger partial charge in [-0.25, -0.2) is 5.14 Å². The molecule has 1 aromatic heterocycles. The van der Waals surface area contributed by atoms with E-state index in [0.717, 1.165) is 10.1 Å². The zero-order chi connectivity index (χ0) is 9.47. The van der Waals surface area contributed by atoms with E-state index in [1.54, 1.807) is 12.3 Å². The van der Waals surface area contributed by atoms with E-state index in [-0.39, 0.29) is 6.54 Å². The molecule has 1 aliphatic heterocycles. The minimum Gasteiger partial charge on any atom is -0.214 e. The molecule has 0 bridgehead atoms. The molecule has 2 rings (SSSR count). The Bertz CT molecular complexity index is 405. The van der Waals surface area contributed by atoms with Gasteiger partial charge in [0, 0.05) is 6.07 Å². The summed E-state index contributed by atoms with van der Waals surface area (Å²) in [6.07, 6.45) is 3.06. The Morgan fingerprint density at radius 2 is 2.46 bits per heavy atom. The van der Waals surface area contributed by atoms with Gasteiger partial charge < -0.3 is 0 Å². The van der Waals surface area contributed by atoms with Crippen LogP contribution in [-0.4, -0.2) is 17.8 Å². The number of hydrogen-bond acceptors (Lipinski definition) is 4. The summed E-state index contributed by atoms with van der Waals surface area (Å²) in [5.41, 5.74) is 3.33. The van der Waals surface area contributed by atoms with Crippen molar-refractivity contribution in [2.24, 2.45) is 5.14 Å². The van der Waals surface area contributed by atoms with Gasteiger partial charge in [0.1, 0.15) is 12.7 Å². The first-order valence-corrected chi connectivity index (χ1v) is 4.99. The van der Waals surface area contributed by atoms with Gasteiger partial charge in [0.25, 0.3) is 10.2 Å². The number of hydrazine groups is 1. The van der Waals surface area contributed by atoms with Crippen molar-refractivity contribution in [1.82, 2.24) is 9.40 Å². The number of nitrogens with one attached hydrogen (secondary N) is 1. The molecular formula is C5H8N5O2S+. The van der Waals surface area contributed by atoms with Gasteiger partial charge in [-0.3, -0.25) is 0 Å². The average molecular weight is 202 g/mol. The van der Waals surface area contributed by atoms with Gasteiger partial charge in [-0.05, 0) is 0 Å². The van der Waals surface area contributed by atoms with E-state index in [1.807, 2.05) is 0 Å². The van der Waals surface area contributed by atoms with E-state index in [2.05, 4.69) is 10.5 Å². The van der Waals surface area contributed by atoms with Crippen LogP contribution in [0.4, 0.5) is 0 Å². The summed E-state index contributed by atoms with van der Waals surface area (Å²) >= 11 is 0. The predicted octanol–water partition coefficient (Wildman–Crippen LogP) is -2.15. The quantitative estimate of drug-likeness (QED) is 0.508. The van der Waals surface area contributed by atoms with Crippen LogP contribution in [0.25, 0.3) is 0 Å². The molecule has 70 valence electrons. The Balaban J connectivity index is 2.33. The van der Waals surface area contributed by atoms with E-state index < -0.39 is 10.2 Å². The molecule has 0 atom stereocenters. The highest BCUT2D eigenvalue weighted by atomic mass is 32.2. The van der Waals surface area contributed by atoms with E-state index >= 15 is 0 Å². The SMILES string of the molecule is NS(=O)(=O)N1Cc2ccnc[n+]2N1. The Kier molecular flexibility index (Phi) is 1.68. The lowest BCUT2D eigenvalue weighted by Crippen LogP contribution is -2.50. The molecule has 1 aromatic rings. The normalized spacial score (nSPS) is 16.7. The van der Waals surface area contributed by atoms with Crippen molar-refractivity contribution in [3.63, 3.8) is 0 Å². The molecule has 8 heteroatoms. The smallest absolute Gasteiger partial charge is 0.214 e. The minimum absolute atomic E-state index is 0.210. The van der Waals surface area contributed by atoms with Crippen molar-refractivity contribution in [2.75, 3.05) is 5.53 Å². The van der Waals surface area contributed by atoms with Crippen molar-refractivity contribution >= 4 is 10.2 Å². The van der Waals surface area contributed by atoms with Gasteiger partial charge in [0.15, 0.2) is 5.69 Å². The molecule has 7 nitrogen and oxygen atoms in total. The number of nitrogens with zero attached hydrogens (tertiary/aromatic N) is 3. The molecule has 0 aromatic carbocycles. The predicted molar refractivity (Wildman–Crippen MR) is 42.4 cm³/mol. The summed E-state index contributed by atoms with van der Waals surface area (Å²) in [6, 6.07) is 1.71. The molecule has 0 aliphatic carbocycles. The third-order valence-corrected chi connectivity index (χ3v) is 2.50. The number of fused-ring (bicyclic) bond motifs is 1. The van der Waals surface area contributed by atoms with Gasteiger partial charge >= 0.3 is 6.33 Å². The van der Waals surface area contributed by atoms with E-state index in [0.29, 0.717) is 0 Å². The first-order valence-electron chi connectivity index (χ1n) is 3.49. The molecule has 0 radical (unpaired) electrons. The second-order valence-corrected chi connectivity index (χ2v) is 4.06. The highest BCUT2D eigenvalue weighted by Gasteiger charge is 2.29. The molecule has 0 unspecified atom stereocenters. The number of hydrogen-bond donors (Lipinski definition) is 2. The molecule has 1 aliphatic rings. The molecular weight excluding hydrogens is 194 g/mol. The zero-order valence-corrected chi connectivity index (χ0v) is 7.40. The van der Waals surface area contributed by atoms with Crippen molar-refractivity contribution in [1.29, 1.82) is 0 Å². The topological polar surface area (TPSA) is 92.2 Å². The van der Waals surface area contributed by atoms with Crippen molar-refractivity contribution in [3.05, 3.63) is 24.3 Å². The summed E-state index contributed by atoms with van der Waals surface area (Å²) in [7, 11) is -3.70. The van der Waals surface area contributed by atoms with Crippen LogP contribution in [0.2, 0.25) is 0 Å². The fourth-order valence-electron chi connectivity index (χ4n) is 1.06. The third-order valence-electron chi connectivity index (χ3n) is 1.68. The molecule has 13 heavy (non-hydrogen) atoms. The first kappa shape index (κ1) is 8.35. The van der Waals surface area contributed by atoms with Crippen LogP contribution >= 0.6 is 0 Å². The van der Waals surface area contributed by atoms with Crippen LogP contribution in [-0.2, 0) is 16.8 Å². The zero-order valence-electron chi connectivity index (χ0n) is 6.58. The molecule has 0 fully saturated rings. The van der Waals surface area contributed by atoms with Crippen LogP contribution in [0.3, 0.4) is 0 Å². The van der Waals surface area contributed by atoms with Crippen molar-refractivity contribution < 1.29 is 13.1 Å². The summed E-state index contributed by atoms with van der Waals surface area (Å²) < 4.78 is 24.2. The summed E-state index contributed by atoms with van der Waals surface area (Å²) in [6.45, 7) is 0.210. The molecule has 3 N–H and O–H groups in total. The largest absolute Gasteiger partial charge is 0.310 e. The Hall–Kier alpha value is -1.25. The van der Waals surface area contributed by atoms with Crippen LogP contribution in [0.15, 0.2) is 18.6 Å². The van der Waals surface area contributed by atoms with E-state index in [1.165, 1.54) is 11.0 Å². The first-order chi connectivity index (χ1) is 6.07. The van der Waals surface area contributed by atoms with Crippen molar-refractivity contribution in [2.45, 2.75) is 6.54 Å². The van der Waals surface area contributed by atoms with Crippen LogP contribution < -0.4 is 15.3 Å². The fourth-order valence-corrected chi connectivity index (χ4v) is 1.57. The Labute approximate surface area is 74.9 Å². The molecule has 0 amide bonds. The third kappa shape index (κ3) is 1.46. The average Bonchev–Trinajstić information content (AvgIpc) is 2.45. The fraction of sp³-hybridized carbons (Fsp3) is 0.200. The molecule has 0 spiro atoms. The summed E-state index contributed by atoms with van der Waals surface area (Å²) in [4.78, 5) is 3.81. The lowest BCUT2D eigenvalue weighted by molar-refractivity contribution is -0.656. The monoisotopic (exact) mass is 202 g/mol.